The maximum absolute atomic E-state index is 10.4. The summed E-state index contributed by atoms with van der Waals surface area (Å²) < 4.78 is 0. The van der Waals surface area contributed by atoms with Crippen molar-refractivity contribution in [1.29, 1.82) is 0 Å². The van der Waals surface area contributed by atoms with Crippen LogP contribution in [-0.2, 0) is 4.79 Å². The minimum Gasteiger partial charge on any atom is -0.366 e. The molecule has 0 unspecified atom stereocenters. The molecule has 0 radical (unpaired) electrons. The van der Waals surface area contributed by atoms with E-state index >= 15 is 0 Å². The van der Waals surface area contributed by atoms with Gasteiger partial charge in [0.1, 0.15) is 0 Å². The molecule has 0 fully saturated rings. The molecule has 1 aromatic rings. The van der Waals surface area contributed by atoms with Crippen molar-refractivity contribution >= 4 is 23.6 Å². The van der Waals surface area contributed by atoms with Crippen LogP contribution in [-0.4, -0.2) is 5.91 Å². The number of nitrogens with two attached hydrogens (primary N) is 1. The number of primary amides is 1. The zero-order valence-electron chi connectivity index (χ0n) is 7.25. The van der Waals surface area contributed by atoms with Gasteiger partial charge in [-0.1, -0.05) is 23.7 Å². The summed E-state index contributed by atoms with van der Waals surface area (Å²) >= 11 is 5.83. The number of benzene rings is 1. The van der Waals surface area contributed by atoms with Gasteiger partial charge in [0.05, 0.1) is 0 Å². The standard InChI is InChI=1S/C10H10ClNO/c1-7-6-8(2-4-9(7)11)3-5-10(12)13/h2-6H,1H3,(H2,12,13). The van der Waals surface area contributed by atoms with E-state index in [1.807, 2.05) is 19.1 Å². The van der Waals surface area contributed by atoms with Crippen molar-refractivity contribution < 1.29 is 4.79 Å². The summed E-state index contributed by atoms with van der Waals surface area (Å²) in [6, 6.07) is 5.51. The Morgan fingerprint density at radius 1 is 1.54 bits per heavy atom. The Labute approximate surface area is 82.0 Å². The van der Waals surface area contributed by atoms with Crippen molar-refractivity contribution in [2.45, 2.75) is 6.92 Å². The summed E-state index contributed by atoms with van der Waals surface area (Å²) in [7, 11) is 0. The molecule has 0 aromatic heterocycles. The largest absolute Gasteiger partial charge is 0.366 e. The smallest absolute Gasteiger partial charge is 0.241 e. The van der Waals surface area contributed by atoms with Crippen LogP contribution in [0.25, 0.3) is 6.08 Å². The number of hydrogen-bond donors (Lipinski definition) is 1. The number of halogens is 1. The van der Waals surface area contributed by atoms with Crippen molar-refractivity contribution in [3.63, 3.8) is 0 Å². The molecule has 13 heavy (non-hydrogen) atoms. The van der Waals surface area contributed by atoms with E-state index in [1.165, 1.54) is 6.08 Å². The highest BCUT2D eigenvalue weighted by atomic mass is 35.5. The van der Waals surface area contributed by atoms with Crippen LogP contribution in [0.3, 0.4) is 0 Å². The molecule has 1 aromatic carbocycles. The Hall–Kier alpha value is -1.28. The van der Waals surface area contributed by atoms with E-state index in [2.05, 4.69) is 0 Å². The molecule has 0 spiro atoms. The summed E-state index contributed by atoms with van der Waals surface area (Å²) in [6.07, 6.45) is 2.98. The van der Waals surface area contributed by atoms with Crippen LogP contribution in [0.4, 0.5) is 0 Å². The molecule has 0 atom stereocenters. The topological polar surface area (TPSA) is 43.1 Å². The Balaban J connectivity index is 2.92. The number of hydrogen-bond acceptors (Lipinski definition) is 1. The average Bonchev–Trinajstić information content (AvgIpc) is 2.07. The molecule has 0 saturated carbocycles. The van der Waals surface area contributed by atoms with E-state index < -0.39 is 5.91 Å². The number of carbonyl (C=O) groups excluding carboxylic acids is 1. The maximum atomic E-state index is 10.4. The van der Waals surface area contributed by atoms with E-state index in [0.29, 0.717) is 0 Å². The Bertz CT molecular complexity index is 358. The Morgan fingerprint density at radius 2 is 2.23 bits per heavy atom. The predicted molar refractivity (Wildman–Crippen MR) is 54.4 cm³/mol. The zero-order chi connectivity index (χ0) is 9.84. The molecule has 2 nitrogen and oxygen atoms in total. The molecule has 2 N–H and O–H groups in total. The van der Waals surface area contributed by atoms with Crippen molar-refractivity contribution in [1.82, 2.24) is 0 Å². The third-order valence-corrected chi connectivity index (χ3v) is 2.05. The highest BCUT2D eigenvalue weighted by molar-refractivity contribution is 6.31. The van der Waals surface area contributed by atoms with Gasteiger partial charge < -0.3 is 5.73 Å². The molecule has 0 aliphatic heterocycles. The Morgan fingerprint density at radius 3 is 2.77 bits per heavy atom. The molecule has 0 bridgehead atoms. The van der Waals surface area contributed by atoms with E-state index in [1.54, 1.807) is 12.1 Å². The predicted octanol–water partition coefficient (Wildman–Crippen LogP) is 2.15. The van der Waals surface area contributed by atoms with E-state index in [4.69, 9.17) is 17.3 Å². The fraction of sp³-hybridized carbons (Fsp3) is 0.100. The van der Waals surface area contributed by atoms with Gasteiger partial charge in [-0.3, -0.25) is 4.79 Å². The fourth-order valence-corrected chi connectivity index (χ4v) is 1.07. The lowest BCUT2D eigenvalue weighted by Gasteiger charge is -1.98. The quantitative estimate of drug-likeness (QED) is 0.722. The molecule has 1 rings (SSSR count). The third-order valence-electron chi connectivity index (χ3n) is 1.62. The first-order chi connectivity index (χ1) is 6.09. The molecular formula is C10H10ClNO. The van der Waals surface area contributed by atoms with Gasteiger partial charge in [0.25, 0.3) is 0 Å². The van der Waals surface area contributed by atoms with Gasteiger partial charge in [-0.05, 0) is 30.2 Å². The van der Waals surface area contributed by atoms with Gasteiger partial charge in [0.15, 0.2) is 0 Å². The first-order valence-corrected chi connectivity index (χ1v) is 4.21. The van der Waals surface area contributed by atoms with Crippen molar-refractivity contribution in [3.05, 3.63) is 40.4 Å². The monoisotopic (exact) mass is 195 g/mol. The second-order valence-electron chi connectivity index (χ2n) is 2.74. The molecule has 68 valence electrons. The van der Waals surface area contributed by atoms with E-state index in [0.717, 1.165) is 16.1 Å². The molecule has 3 heteroatoms. The lowest BCUT2D eigenvalue weighted by atomic mass is 10.1. The summed E-state index contributed by atoms with van der Waals surface area (Å²) in [5.74, 6) is -0.451. The Kier molecular flexibility index (Phi) is 3.09. The molecule has 1 amide bonds. The summed E-state index contributed by atoms with van der Waals surface area (Å²) in [4.78, 5) is 10.4. The number of aryl methyl sites for hydroxylation is 1. The van der Waals surface area contributed by atoms with Crippen LogP contribution in [0.1, 0.15) is 11.1 Å². The lowest BCUT2D eigenvalue weighted by molar-refractivity contribution is -0.113. The van der Waals surface area contributed by atoms with Crippen molar-refractivity contribution in [3.8, 4) is 0 Å². The van der Waals surface area contributed by atoms with E-state index in [9.17, 15) is 4.79 Å². The van der Waals surface area contributed by atoms with Gasteiger partial charge in [-0.2, -0.15) is 0 Å². The summed E-state index contributed by atoms with van der Waals surface area (Å²) in [5, 5.41) is 0.719. The number of amides is 1. The van der Waals surface area contributed by atoms with Crippen LogP contribution in [0, 0.1) is 6.92 Å². The third kappa shape index (κ3) is 2.92. The normalized spacial score (nSPS) is 10.6. The van der Waals surface area contributed by atoms with Crippen LogP contribution >= 0.6 is 11.6 Å². The molecular weight excluding hydrogens is 186 g/mol. The molecule has 0 aliphatic rings. The number of rotatable bonds is 2. The van der Waals surface area contributed by atoms with Gasteiger partial charge in [0.2, 0.25) is 5.91 Å². The van der Waals surface area contributed by atoms with Crippen molar-refractivity contribution in [2.24, 2.45) is 5.73 Å². The second kappa shape index (κ2) is 4.10. The second-order valence-corrected chi connectivity index (χ2v) is 3.15. The fourth-order valence-electron chi connectivity index (χ4n) is 0.950. The first kappa shape index (κ1) is 9.81. The van der Waals surface area contributed by atoms with Crippen LogP contribution in [0.5, 0.6) is 0 Å². The highest BCUT2D eigenvalue weighted by Gasteiger charge is 1.94. The molecule has 0 saturated heterocycles. The minimum absolute atomic E-state index is 0.451. The first-order valence-electron chi connectivity index (χ1n) is 3.83. The van der Waals surface area contributed by atoms with Crippen molar-refractivity contribution in [2.75, 3.05) is 0 Å². The van der Waals surface area contributed by atoms with Crippen LogP contribution in [0.2, 0.25) is 5.02 Å². The summed E-state index contributed by atoms with van der Waals surface area (Å²) in [5.41, 5.74) is 6.85. The summed E-state index contributed by atoms with van der Waals surface area (Å²) in [6.45, 7) is 1.91. The van der Waals surface area contributed by atoms with E-state index in [-0.39, 0.29) is 0 Å². The number of carbonyl (C=O) groups is 1. The minimum atomic E-state index is -0.451. The van der Waals surface area contributed by atoms with Gasteiger partial charge >= 0.3 is 0 Å². The lowest BCUT2D eigenvalue weighted by Crippen LogP contribution is -2.05. The zero-order valence-corrected chi connectivity index (χ0v) is 8.01. The SMILES string of the molecule is Cc1cc(C=CC(N)=O)ccc1Cl. The van der Waals surface area contributed by atoms with Gasteiger partial charge in [0, 0.05) is 11.1 Å². The van der Waals surface area contributed by atoms with Crippen LogP contribution in [0.15, 0.2) is 24.3 Å². The molecule has 0 heterocycles. The maximum Gasteiger partial charge on any atom is 0.241 e. The van der Waals surface area contributed by atoms with Gasteiger partial charge in [-0.25, -0.2) is 0 Å². The average molecular weight is 196 g/mol. The van der Waals surface area contributed by atoms with Gasteiger partial charge in [-0.15, -0.1) is 0 Å². The molecule has 0 aliphatic carbocycles. The van der Waals surface area contributed by atoms with Crippen LogP contribution < -0.4 is 5.73 Å². The highest BCUT2D eigenvalue weighted by Crippen LogP contribution is 2.16.